The lowest BCUT2D eigenvalue weighted by atomic mass is 10.1. The van der Waals surface area contributed by atoms with Gasteiger partial charge in [0.15, 0.2) is 15.7 Å². The van der Waals surface area contributed by atoms with E-state index in [4.69, 9.17) is 4.98 Å². The first-order chi connectivity index (χ1) is 13.9. The highest BCUT2D eigenvalue weighted by Gasteiger charge is 2.15. The Kier molecular flexibility index (Phi) is 4.83. The molecule has 0 fully saturated rings. The summed E-state index contributed by atoms with van der Waals surface area (Å²) in [6, 6.07) is 10.6. The minimum atomic E-state index is -3.31. The normalized spacial score (nSPS) is 11.8. The standard InChI is InChI=1S/C20H22N6O2S/c1-4-15-12-26-19(21-15)11-17(22-20(26)23-18-9-13(3)24-25-18)14-7-6-8-16(10-14)29(27,28)5-2/h6-12H,4-5H2,1-3H3,(H2,22,23,24,25). The van der Waals surface area contributed by atoms with Gasteiger partial charge in [0.2, 0.25) is 5.95 Å². The van der Waals surface area contributed by atoms with Gasteiger partial charge in [-0.3, -0.25) is 9.50 Å². The molecule has 0 bridgehead atoms. The maximum Gasteiger partial charge on any atom is 0.215 e. The summed E-state index contributed by atoms with van der Waals surface area (Å²) in [6.07, 6.45) is 2.73. The van der Waals surface area contributed by atoms with Gasteiger partial charge in [-0.05, 0) is 25.5 Å². The summed E-state index contributed by atoms with van der Waals surface area (Å²) in [7, 11) is -3.31. The highest BCUT2D eigenvalue weighted by atomic mass is 32.2. The molecule has 0 atom stereocenters. The molecule has 150 valence electrons. The van der Waals surface area contributed by atoms with Gasteiger partial charge in [-0.2, -0.15) is 5.10 Å². The average Bonchev–Trinajstić information content (AvgIpc) is 3.33. The molecule has 1 aromatic carbocycles. The molecular formula is C20H22N6O2S. The molecule has 0 aliphatic heterocycles. The largest absolute Gasteiger partial charge is 0.308 e. The maximum atomic E-state index is 12.3. The fourth-order valence-corrected chi connectivity index (χ4v) is 3.98. The molecule has 3 aromatic heterocycles. The molecule has 4 rings (SSSR count). The highest BCUT2D eigenvalue weighted by Crippen LogP contribution is 2.26. The Morgan fingerprint density at radius 2 is 1.97 bits per heavy atom. The van der Waals surface area contributed by atoms with Crippen molar-refractivity contribution in [2.24, 2.45) is 0 Å². The topological polar surface area (TPSA) is 105 Å². The van der Waals surface area contributed by atoms with Gasteiger partial charge in [0.05, 0.1) is 22.0 Å². The van der Waals surface area contributed by atoms with Crippen molar-refractivity contribution in [1.29, 1.82) is 0 Å². The fraction of sp³-hybridized carbons (Fsp3) is 0.250. The number of H-pyrrole nitrogens is 1. The SMILES string of the molecule is CCc1cn2c(Nc3cc(C)[nH]n3)nc(-c3cccc(S(=O)(=O)CC)c3)cc2n1. The lowest BCUT2D eigenvalue weighted by Gasteiger charge is -2.10. The monoisotopic (exact) mass is 410 g/mol. The second kappa shape index (κ2) is 7.32. The summed E-state index contributed by atoms with van der Waals surface area (Å²) in [5.74, 6) is 1.25. The number of rotatable bonds is 6. The van der Waals surface area contributed by atoms with Crippen LogP contribution in [0.3, 0.4) is 0 Å². The van der Waals surface area contributed by atoms with Crippen LogP contribution >= 0.6 is 0 Å². The van der Waals surface area contributed by atoms with E-state index < -0.39 is 9.84 Å². The van der Waals surface area contributed by atoms with Crippen LogP contribution in [0.1, 0.15) is 25.2 Å². The molecule has 9 heteroatoms. The molecule has 2 N–H and O–H groups in total. The predicted octanol–water partition coefficient (Wildman–Crippen LogP) is 3.53. The molecule has 0 radical (unpaired) electrons. The molecule has 0 spiro atoms. The number of hydrogen-bond donors (Lipinski definition) is 2. The molecule has 0 saturated heterocycles. The molecule has 8 nitrogen and oxygen atoms in total. The van der Waals surface area contributed by atoms with E-state index in [1.165, 1.54) is 0 Å². The number of sulfone groups is 1. The van der Waals surface area contributed by atoms with Gasteiger partial charge >= 0.3 is 0 Å². The number of hydrogen-bond acceptors (Lipinski definition) is 6. The third kappa shape index (κ3) is 3.73. The maximum absolute atomic E-state index is 12.3. The molecule has 3 heterocycles. The Bertz CT molecular complexity index is 1290. The first-order valence-corrected chi connectivity index (χ1v) is 11.1. The van der Waals surface area contributed by atoms with E-state index in [2.05, 4.69) is 20.5 Å². The first-order valence-electron chi connectivity index (χ1n) is 9.41. The third-order valence-electron chi connectivity index (χ3n) is 4.68. The highest BCUT2D eigenvalue weighted by molar-refractivity contribution is 7.91. The van der Waals surface area contributed by atoms with Crippen molar-refractivity contribution in [1.82, 2.24) is 24.6 Å². The summed E-state index contributed by atoms with van der Waals surface area (Å²) < 4.78 is 26.5. The number of aromatic amines is 1. The molecule has 0 aliphatic carbocycles. The molecule has 0 amide bonds. The van der Waals surface area contributed by atoms with Crippen molar-refractivity contribution in [2.45, 2.75) is 32.1 Å². The minimum Gasteiger partial charge on any atom is -0.308 e. The van der Waals surface area contributed by atoms with Crippen LogP contribution in [0.15, 0.2) is 47.5 Å². The molecule has 29 heavy (non-hydrogen) atoms. The third-order valence-corrected chi connectivity index (χ3v) is 6.41. The lowest BCUT2D eigenvalue weighted by Crippen LogP contribution is -2.05. The summed E-state index contributed by atoms with van der Waals surface area (Å²) in [4.78, 5) is 9.67. The minimum absolute atomic E-state index is 0.0500. The Morgan fingerprint density at radius 3 is 2.66 bits per heavy atom. The van der Waals surface area contributed by atoms with Gasteiger partial charge in [0, 0.05) is 29.6 Å². The van der Waals surface area contributed by atoms with Crippen molar-refractivity contribution in [3.63, 3.8) is 0 Å². The Hall–Kier alpha value is -3.20. The Morgan fingerprint density at radius 1 is 1.14 bits per heavy atom. The van der Waals surface area contributed by atoms with Crippen molar-refractivity contribution >= 4 is 27.3 Å². The van der Waals surface area contributed by atoms with Gasteiger partial charge in [-0.1, -0.05) is 26.0 Å². The van der Waals surface area contributed by atoms with Crippen LogP contribution in [-0.2, 0) is 16.3 Å². The predicted molar refractivity (Wildman–Crippen MR) is 112 cm³/mol. The van der Waals surface area contributed by atoms with Gasteiger partial charge in [0.25, 0.3) is 0 Å². The quantitative estimate of drug-likeness (QED) is 0.504. The zero-order chi connectivity index (χ0) is 20.6. The van der Waals surface area contributed by atoms with E-state index in [9.17, 15) is 8.42 Å². The van der Waals surface area contributed by atoms with Crippen molar-refractivity contribution in [3.8, 4) is 11.3 Å². The van der Waals surface area contributed by atoms with Crippen molar-refractivity contribution in [3.05, 3.63) is 54.0 Å². The average molecular weight is 411 g/mol. The molecule has 0 aliphatic rings. The van der Waals surface area contributed by atoms with Crippen molar-refractivity contribution < 1.29 is 8.42 Å². The summed E-state index contributed by atoms with van der Waals surface area (Å²) in [6.45, 7) is 5.60. The number of imidazole rings is 1. The van der Waals surface area contributed by atoms with Crippen LogP contribution in [0.5, 0.6) is 0 Å². The number of nitrogens with zero attached hydrogens (tertiary/aromatic N) is 4. The lowest BCUT2D eigenvalue weighted by molar-refractivity contribution is 0.597. The van der Waals surface area contributed by atoms with Gasteiger partial charge < -0.3 is 5.32 Å². The van der Waals surface area contributed by atoms with Gasteiger partial charge in [0.1, 0.15) is 5.65 Å². The number of benzene rings is 1. The summed E-state index contributed by atoms with van der Waals surface area (Å²) in [5.41, 5.74) is 3.94. The van der Waals surface area contributed by atoms with E-state index >= 15 is 0 Å². The van der Waals surface area contributed by atoms with Crippen LogP contribution < -0.4 is 5.32 Å². The number of aryl methyl sites for hydroxylation is 2. The smallest absolute Gasteiger partial charge is 0.215 e. The number of anilines is 2. The van der Waals surface area contributed by atoms with E-state index in [1.54, 1.807) is 25.1 Å². The molecule has 0 saturated carbocycles. The van der Waals surface area contributed by atoms with Crippen molar-refractivity contribution in [2.75, 3.05) is 11.1 Å². The van der Waals surface area contributed by atoms with E-state index in [0.29, 0.717) is 23.0 Å². The summed E-state index contributed by atoms with van der Waals surface area (Å²) in [5, 5.41) is 10.3. The van der Waals surface area contributed by atoms with Gasteiger partial charge in [-0.15, -0.1) is 0 Å². The van der Waals surface area contributed by atoms with Crippen LogP contribution in [0.25, 0.3) is 16.9 Å². The number of nitrogens with one attached hydrogen (secondary N) is 2. The van der Waals surface area contributed by atoms with E-state index in [-0.39, 0.29) is 10.6 Å². The van der Waals surface area contributed by atoms with E-state index in [1.807, 2.05) is 42.6 Å². The first kappa shape index (κ1) is 19.1. The second-order valence-electron chi connectivity index (χ2n) is 6.77. The number of fused-ring (bicyclic) bond motifs is 1. The Balaban J connectivity index is 1.86. The fourth-order valence-electron chi connectivity index (χ4n) is 3.06. The van der Waals surface area contributed by atoms with Crippen LogP contribution in [-0.4, -0.2) is 38.7 Å². The summed E-state index contributed by atoms with van der Waals surface area (Å²) >= 11 is 0. The second-order valence-corrected chi connectivity index (χ2v) is 9.05. The molecular weight excluding hydrogens is 388 g/mol. The van der Waals surface area contributed by atoms with E-state index in [0.717, 1.165) is 23.5 Å². The zero-order valence-electron chi connectivity index (χ0n) is 16.5. The van der Waals surface area contributed by atoms with Gasteiger partial charge in [-0.25, -0.2) is 18.4 Å². The van der Waals surface area contributed by atoms with Crippen LogP contribution in [0.2, 0.25) is 0 Å². The Labute approximate surface area is 169 Å². The molecule has 0 unspecified atom stereocenters. The molecule has 4 aromatic rings. The van der Waals surface area contributed by atoms with Crippen LogP contribution in [0.4, 0.5) is 11.8 Å². The number of aromatic nitrogens is 5. The van der Waals surface area contributed by atoms with Crippen LogP contribution in [0, 0.1) is 6.92 Å². The zero-order valence-corrected chi connectivity index (χ0v) is 17.3.